The lowest BCUT2D eigenvalue weighted by molar-refractivity contribution is 0.414. The van der Waals surface area contributed by atoms with Crippen molar-refractivity contribution in [2.24, 2.45) is 0 Å². The molecule has 0 aliphatic rings. The van der Waals surface area contributed by atoms with Crippen molar-refractivity contribution in [2.45, 2.75) is 20.4 Å². The highest BCUT2D eigenvalue weighted by molar-refractivity contribution is 5.88. The van der Waals surface area contributed by atoms with E-state index in [4.69, 9.17) is 4.74 Å². The van der Waals surface area contributed by atoms with Crippen LogP contribution in [-0.2, 0) is 6.54 Å². The average Bonchev–Trinajstić information content (AvgIpc) is 3.03. The normalized spacial score (nSPS) is 11.2. The predicted octanol–water partition coefficient (Wildman–Crippen LogP) is 2.31. The maximum atomic E-state index is 13.0. The Labute approximate surface area is 154 Å². The number of hydrogen-bond acceptors (Lipinski definition) is 5. The largest absolute Gasteiger partial charge is 0.497 e. The number of nitrogens with zero attached hydrogens (tertiary/aromatic N) is 3. The molecule has 1 N–H and O–H groups in total. The number of rotatable bonds is 3. The molecule has 0 spiro atoms. The zero-order valence-corrected chi connectivity index (χ0v) is 15.2. The monoisotopic (exact) mass is 362 g/mol. The molecule has 2 aromatic carbocycles. The standard InChI is InChI=1S/C20H18N4O3/c1-11-8-12(2)16-15(9-11)19(25)17-18(20(26)21-16)24(23-22-17)10-13-4-6-14(27-3)7-5-13/h4-9H,10H2,1-3H3,(H,21,26). The summed E-state index contributed by atoms with van der Waals surface area (Å²) in [7, 11) is 1.60. The van der Waals surface area contributed by atoms with E-state index in [2.05, 4.69) is 15.3 Å². The minimum Gasteiger partial charge on any atom is -0.497 e. The van der Waals surface area contributed by atoms with Crippen LogP contribution in [0.15, 0.2) is 46.0 Å². The van der Waals surface area contributed by atoms with Crippen LogP contribution in [-0.4, -0.2) is 27.1 Å². The summed E-state index contributed by atoms with van der Waals surface area (Å²) >= 11 is 0. The van der Waals surface area contributed by atoms with Gasteiger partial charge in [-0.1, -0.05) is 23.4 Å². The van der Waals surface area contributed by atoms with E-state index in [0.717, 1.165) is 22.4 Å². The van der Waals surface area contributed by atoms with Gasteiger partial charge in [-0.05, 0) is 48.7 Å². The molecular formula is C20H18N4O3. The van der Waals surface area contributed by atoms with Gasteiger partial charge in [-0.25, -0.2) is 4.68 Å². The first-order valence-electron chi connectivity index (χ1n) is 8.51. The van der Waals surface area contributed by atoms with Crippen molar-refractivity contribution in [2.75, 3.05) is 7.11 Å². The first-order valence-corrected chi connectivity index (χ1v) is 8.51. The van der Waals surface area contributed by atoms with Gasteiger partial charge in [-0.15, -0.1) is 5.10 Å². The van der Waals surface area contributed by atoms with E-state index in [1.54, 1.807) is 13.2 Å². The highest BCUT2D eigenvalue weighted by Gasteiger charge is 2.15. The SMILES string of the molecule is COc1ccc(Cn2nnc3c(=O)c4cc(C)cc(C)c4[nH]c(=O)c32)cc1. The van der Waals surface area contributed by atoms with E-state index in [1.165, 1.54) is 4.68 Å². The lowest BCUT2D eigenvalue weighted by atomic mass is 10.1. The van der Waals surface area contributed by atoms with Gasteiger partial charge in [0.15, 0.2) is 11.0 Å². The Hall–Kier alpha value is -3.48. The average molecular weight is 362 g/mol. The predicted molar refractivity (Wildman–Crippen MR) is 103 cm³/mol. The maximum Gasteiger partial charge on any atom is 0.276 e. The van der Waals surface area contributed by atoms with Crippen LogP contribution < -0.4 is 15.7 Å². The fraction of sp³-hybridized carbons (Fsp3) is 0.200. The molecule has 0 aliphatic heterocycles. The van der Waals surface area contributed by atoms with Gasteiger partial charge in [-0.3, -0.25) is 9.59 Å². The maximum absolute atomic E-state index is 13.0. The van der Waals surface area contributed by atoms with Crippen molar-refractivity contribution in [1.29, 1.82) is 0 Å². The Kier molecular flexibility index (Phi) is 3.99. The van der Waals surface area contributed by atoms with Crippen LogP contribution in [0.4, 0.5) is 0 Å². The quantitative estimate of drug-likeness (QED) is 0.604. The number of fused-ring (bicyclic) bond motifs is 2. The van der Waals surface area contributed by atoms with E-state index >= 15 is 0 Å². The van der Waals surface area contributed by atoms with Crippen LogP contribution in [0.3, 0.4) is 0 Å². The van der Waals surface area contributed by atoms with Gasteiger partial charge in [-0.2, -0.15) is 0 Å². The summed E-state index contributed by atoms with van der Waals surface area (Å²) in [6.45, 7) is 4.10. The molecule has 0 fully saturated rings. The van der Waals surface area contributed by atoms with Crippen molar-refractivity contribution >= 4 is 21.9 Å². The second-order valence-corrected chi connectivity index (χ2v) is 6.58. The smallest absolute Gasteiger partial charge is 0.276 e. The molecule has 4 rings (SSSR count). The molecule has 0 aliphatic carbocycles. The van der Waals surface area contributed by atoms with Crippen molar-refractivity contribution < 1.29 is 4.74 Å². The summed E-state index contributed by atoms with van der Waals surface area (Å²) in [5.74, 6) is 0.741. The summed E-state index contributed by atoms with van der Waals surface area (Å²) in [5.41, 5.74) is 2.79. The number of aromatic nitrogens is 4. The summed E-state index contributed by atoms with van der Waals surface area (Å²) in [6, 6.07) is 11.1. The van der Waals surface area contributed by atoms with E-state index < -0.39 is 0 Å². The van der Waals surface area contributed by atoms with Gasteiger partial charge in [0.1, 0.15) is 5.75 Å². The van der Waals surface area contributed by atoms with Gasteiger partial charge in [0, 0.05) is 5.39 Å². The summed E-state index contributed by atoms with van der Waals surface area (Å²) in [5, 5.41) is 8.50. The highest BCUT2D eigenvalue weighted by atomic mass is 16.5. The van der Waals surface area contributed by atoms with Crippen molar-refractivity contribution in [3.8, 4) is 5.75 Å². The molecule has 2 aromatic heterocycles. The lowest BCUT2D eigenvalue weighted by Gasteiger charge is -2.03. The molecule has 27 heavy (non-hydrogen) atoms. The number of benzene rings is 2. The van der Waals surface area contributed by atoms with E-state index in [1.807, 2.05) is 44.2 Å². The second kappa shape index (κ2) is 6.35. The van der Waals surface area contributed by atoms with Gasteiger partial charge < -0.3 is 9.72 Å². The summed E-state index contributed by atoms with van der Waals surface area (Å²) < 4.78 is 6.61. The third-order valence-electron chi connectivity index (χ3n) is 4.62. The third kappa shape index (κ3) is 2.87. The van der Waals surface area contributed by atoms with Crippen molar-refractivity contribution in [1.82, 2.24) is 20.0 Å². The summed E-state index contributed by atoms with van der Waals surface area (Å²) in [6.07, 6.45) is 0. The van der Waals surface area contributed by atoms with Gasteiger partial charge >= 0.3 is 0 Å². The van der Waals surface area contributed by atoms with E-state index in [9.17, 15) is 9.59 Å². The Morgan fingerprint density at radius 3 is 2.56 bits per heavy atom. The van der Waals surface area contributed by atoms with Crippen LogP contribution in [0.2, 0.25) is 0 Å². The number of nitrogens with one attached hydrogen (secondary N) is 1. The summed E-state index contributed by atoms with van der Waals surface area (Å²) in [4.78, 5) is 28.7. The van der Waals surface area contributed by atoms with E-state index in [0.29, 0.717) is 17.4 Å². The number of ether oxygens (including phenoxy) is 1. The Morgan fingerprint density at radius 2 is 1.85 bits per heavy atom. The molecule has 2 heterocycles. The Bertz CT molecular complexity index is 1290. The molecule has 0 saturated heterocycles. The first kappa shape index (κ1) is 17.0. The molecule has 7 heteroatoms. The Morgan fingerprint density at radius 1 is 1.11 bits per heavy atom. The fourth-order valence-electron chi connectivity index (χ4n) is 3.32. The number of methoxy groups -OCH3 is 1. The zero-order chi connectivity index (χ0) is 19.1. The molecule has 0 bridgehead atoms. The van der Waals surface area contributed by atoms with Crippen LogP contribution >= 0.6 is 0 Å². The molecule has 0 radical (unpaired) electrons. The molecular weight excluding hydrogens is 344 g/mol. The molecule has 0 unspecified atom stereocenters. The zero-order valence-electron chi connectivity index (χ0n) is 15.2. The lowest BCUT2D eigenvalue weighted by Crippen LogP contribution is -2.11. The van der Waals surface area contributed by atoms with Gasteiger partial charge in [0.05, 0.1) is 19.2 Å². The minimum absolute atomic E-state index is 0.0739. The van der Waals surface area contributed by atoms with Crippen LogP contribution in [0, 0.1) is 13.8 Å². The molecule has 136 valence electrons. The van der Waals surface area contributed by atoms with Gasteiger partial charge in [0.2, 0.25) is 5.43 Å². The van der Waals surface area contributed by atoms with Crippen molar-refractivity contribution in [3.63, 3.8) is 0 Å². The molecule has 7 nitrogen and oxygen atoms in total. The third-order valence-corrected chi connectivity index (χ3v) is 4.62. The van der Waals surface area contributed by atoms with Crippen LogP contribution in [0.1, 0.15) is 16.7 Å². The highest BCUT2D eigenvalue weighted by Crippen LogP contribution is 2.16. The second-order valence-electron chi connectivity index (χ2n) is 6.58. The Balaban J connectivity index is 1.96. The number of H-pyrrole nitrogens is 1. The number of aryl methyl sites for hydroxylation is 2. The number of hydrogen-bond donors (Lipinski definition) is 1. The van der Waals surface area contributed by atoms with Crippen molar-refractivity contribution in [3.05, 3.63) is 73.7 Å². The van der Waals surface area contributed by atoms with E-state index in [-0.39, 0.29) is 22.0 Å². The minimum atomic E-state index is -0.387. The molecule has 0 amide bonds. The van der Waals surface area contributed by atoms with Gasteiger partial charge in [0.25, 0.3) is 5.56 Å². The topological polar surface area (TPSA) is 89.9 Å². The number of aromatic amines is 1. The van der Waals surface area contributed by atoms with Crippen LogP contribution in [0.25, 0.3) is 21.9 Å². The first-order chi connectivity index (χ1) is 13.0. The molecule has 4 aromatic rings. The molecule has 0 saturated carbocycles. The fourth-order valence-corrected chi connectivity index (χ4v) is 3.32. The van der Waals surface area contributed by atoms with Crippen LogP contribution in [0.5, 0.6) is 5.75 Å². The molecule has 0 atom stereocenters.